The van der Waals surface area contributed by atoms with Crippen LogP contribution in [0.1, 0.15) is 48.1 Å². The number of carbonyl (C=O) groups is 1. The van der Waals surface area contributed by atoms with Crippen LogP contribution in [0.5, 0.6) is 0 Å². The van der Waals surface area contributed by atoms with Crippen LogP contribution in [0.3, 0.4) is 0 Å². The van der Waals surface area contributed by atoms with E-state index in [1.165, 1.54) is 12.1 Å². The zero-order valence-corrected chi connectivity index (χ0v) is 19.2. The quantitative estimate of drug-likeness (QED) is 0.312. The van der Waals surface area contributed by atoms with Crippen molar-refractivity contribution in [2.24, 2.45) is 0 Å². The number of H-pyrrole nitrogens is 1. The van der Waals surface area contributed by atoms with Gasteiger partial charge in [0.15, 0.2) is 0 Å². The molecule has 34 heavy (non-hydrogen) atoms. The fourth-order valence-corrected chi connectivity index (χ4v) is 3.58. The number of carbonyl (C=O) groups excluding carboxylic acids is 1. The summed E-state index contributed by atoms with van der Waals surface area (Å²) in [6.07, 6.45) is 7.05. The first-order chi connectivity index (χ1) is 16.6. The van der Waals surface area contributed by atoms with E-state index in [1.807, 2.05) is 0 Å². The standard InChI is InChI=1S/C26H28FN5O2/c1-2-3-15-34-17-23-25(18-6-9-20(27)10-7-18)32-22-16-19(8-11-21(22)31-23)26(33)30-12-4-5-24-28-13-14-29-24/h6-11,13-14,16H,2-5,12,15,17H2,1H3,(H,28,29)(H,30,33). The van der Waals surface area contributed by atoms with Gasteiger partial charge in [-0.25, -0.2) is 19.3 Å². The van der Waals surface area contributed by atoms with Gasteiger partial charge in [-0.15, -0.1) is 0 Å². The summed E-state index contributed by atoms with van der Waals surface area (Å²) in [6, 6.07) is 11.4. The Hall–Kier alpha value is -3.65. The summed E-state index contributed by atoms with van der Waals surface area (Å²) in [4.78, 5) is 29.4. The van der Waals surface area contributed by atoms with E-state index in [-0.39, 0.29) is 11.7 Å². The summed E-state index contributed by atoms with van der Waals surface area (Å²) in [5, 5.41) is 2.94. The highest BCUT2D eigenvalue weighted by atomic mass is 19.1. The molecule has 2 aromatic carbocycles. The molecular weight excluding hydrogens is 433 g/mol. The molecule has 2 N–H and O–H groups in total. The number of imidazole rings is 1. The molecule has 0 aliphatic carbocycles. The number of hydrogen-bond acceptors (Lipinski definition) is 5. The normalized spacial score (nSPS) is 11.1. The van der Waals surface area contributed by atoms with E-state index in [2.05, 4.69) is 22.2 Å². The number of unbranched alkanes of at least 4 members (excludes halogenated alkanes) is 1. The third-order valence-corrected chi connectivity index (χ3v) is 5.43. The summed E-state index contributed by atoms with van der Waals surface area (Å²) in [5.41, 5.74) is 3.84. The molecule has 0 aliphatic heterocycles. The summed E-state index contributed by atoms with van der Waals surface area (Å²) < 4.78 is 19.3. The van der Waals surface area contributed by atoms with Crippen molar-refractivity contribution in [2.45, 2.75) is 39.2 Å². The predicted octanol–water partition coefficient (Wildman–Crippen LogP) is 4.84. The van der Waals surface area contributed by atoms with Gasteiger partial charge < -0.3 is 15.0 Å². The van der Waals surface area contributed by atoms with Crippen LogP contribution in [0.4, 0.5) is 4.39 Å². The number of benzene rings is 2. The van der Waals surface area contributed by atoms with Gasteiger partial charge in [-0.3, -0.25) is 4.79 Å². The van der Waals surface area contributed by atoms with Gasteiger partial charge in [0.25, 0.3) is 5.91 Å². The van der Waals surface area contributed by atoms with Crippen LogP contribution in [-0.2, 0) is 17.8 Å². The molecule has 8 heteroatoms. The molecule has 0 unspecified atom stereocenters. The molecule has 0 atom stereocenters. The number of ether oxygens (including phenoxy) is 1. The van der Waals surface area contributed by atoms with Crippen LogP contribution < -0.4 is 5.32 Å². The second kappa shape index (κ2) is 11.5. The number of aromatic nitrogens is 4. The van der Waals surface area contributed by atoms with E-state index in [4.69, 9.17) is 14.7 Å². The third kappa shape index (κ3) is 6.02. The fourth-order valence-electron chi connectivity index (χ4n) is 3.58. The zero-order valence-electron chi connectivity index (χ0n) is 19.2. The first kappa shape index (κ1) is 23.5. The number of nitrogens with zero attached hydrogens (tertiary/aromatic N) is 3. The Morgan fingerprint density at radius 3 is 2.71 bits per heavy atom. The lowest BCUT2D eigenvalue weighted by Gasteiger charge is -2.12. The molecule has 0 saturated carbocycles. The Morgan fingerprint density at radius 1 is 1.09 bits per heavy atom. The molecule has 1 amide bonds. The van der Waals surface area contributed by atoms with Crippen molar-refractivity contribution in [3.63, 3.8) is 0 Å². The molecule has 7 nitrogen and oxygen atoms in total. The molecule has 4 rings (SSSR count). The Labute approximate surface area is 197 Å². The Morgan fingerprint density at radius 2 is 1.94 bits per heavy atom. The first-order valence-electron chi connectivity index (χ1n) is 11.5. The minimum Gasteiger partial charge on any atom is -0.375 e. The van der Waals surface area contributed by atoms with Gasteiger partial charge in [0.2, 0.25) is 0 Å². The Bertz CT molecular complexity index is 1230. The highest BCUT2D eigenvalue weighted by molar-refractivity contribution is 5.97. The van der Waals surface area contributed by atoms with E-state index in [1.54, 1.807) is 42.7 Å². The van der Waals surface area contributed by atoms with Gasteiger partial charge in [-0.1, -0.05) is 13.3 Å². The molecule has 0 bridgehead atoms. The number of rotatable bonds is 11. The number of hydrogen-bond donors (Lipinski definition) is 2. The van der Waals surface area contributed by atoms with E-state index < -0.39 is 0 Å². The van der Waals surface area contributed by atoms with Gasteiger partial charge in [0.1, 0.15) is 11.6 Å². The molecule has 0 radical (unpaired) electrons. The molecule has 176 valence electrons. The molecule has 0 aliphatic rings. The topological polar surface area (TPSA) is 92.8 Å². The van der Waals surface area contributed by atoms with Crippen molar-refractivity contribution in [2.75, 3.05) is 13.2 Å². The van der Waals surface area contributed by atoms with E-state index in [9.17, 15) is 9.18 Å². The van der Waals surface area contributed by atoms with Crippen molar-refractivity contribution >= 4 is 16.9 Å². The summed E-state index contributed by atoms with van der Waals surface area (Å²) in [5.74, 6) is 0.417. The minimum absolute atomic E-state index is 0.168. The van der Waals surface area contributed by atoms with Gasteiger partial charge in [0.05, 0.1) is 29.0 Å². The van der Waals surface area contributed by atoms with Crippen molar-refractivity contribution in [3.8, 4) is 11.3 Å². The van der Waals surface area contributed by atoms with Crippen LogP contribution in [-0.4, -0.2) is 39.0 Å². The number of aryl methyl sites for hydroxylation is 1. The molecule has 4 aromatic rings. The van der Waals surface area contributed by atoms with Crippen molar-refractivity contribution < 1.29 is 13.9 Å². The van der Waals surface area contributed by atoms with Crippen LogP contribution in [0.25, 0.3) is 22.3 Å². The van der Waals surface area contributed by atoms with Crippen LogP contribution in [0.15, 0.2) is 54.9 Å². The smallest absolute Gasteiger partial charge is 0.251 e. The summed E-state index contributed by atoms with van der Waals surface area (Å²) in [7, 11) is 0. The summed E-state index contributed by atoms with van der Waals surface area (Å²) >= 11 is 0. The van der Waals surface area contributed by atoms with Crippen LogP contribution in [0, 0.1) is 5.82 Å². The molecular formula is C26H28FN5O2. The summed E-state index contributed by atoms with van der Waals surface area (Å²) in [6.45, 7) is 3.60. The maximum absolute atomic E-state index is 13.5. The lowest BCUT2D eigenvalue weighted by atomic mass is 10.1. The maximum atomic E-state index is 13.5. The number of nitrogens with one attached hydrogen (secondary N) is 2. The average Bonchev–Trinajstić information content (AvgIpc) is 3.38. The number of fused-ring (bicyclic) bond motifs is 1. The second-order valence-corrected chi connectivity index (χ2v) is 8.03. The zero-order chi connectivity index (χ0) is 23.8. The Balaban J connectivity index is 1.53. The van der Waals surface area contributed by atoms with Gasteiger partial charge in [0, 0.05) is 43.1 Å². The first-order valence-corrected chi connectivity index (χ1v) is 11.5. The Kier molecular flexibility index (Phi) is 7.93. The largest absolute Gasteiger partial charge is 0.375 e. The molecule has 0 saturated heterocycles. The van der Waals surface area contributed by atoms with Crippen molar-refractivity contribution in [3.05, 3.63) is 77.8 Å². The highest BCUT2D eigenvalue weighted by Gasteiger charge is 2.14. The minimum atomic E-state index is -0.316. The van der Waals surface area contributed by atoms with E-state index >= 15 is 0 Å². The third-order valence-electron chi connectivity index (χ3n) is 5.43. The number of halogens is 1. The van der Waals surface area contributed by atoms with Crippen LogP contribution >= 0.6 is 0 Å². The lowest BCUT2D eigenvalue weighted by molar-refractivity contribution is 0.0953. The van der Waals surface area contributed by atoms with Gasteiger partial charge in [-0.05, 0) is 55.3 Å². The number of amides is 1. The van der Waals surface area contributed by atoms with Gasteiger partial charge in [-0.2, -0.15) is 0 Å². The van der Waals surface area contributed by atoms with Crippen molar-refractivity contribution in [1.29, 1.82) is 0 Å². The highest BCUT2D eigenvalue weighted by Crippen LogP contribution is 2.25. The van der Waals surface area contributed by atoms with Gasteiger partial charge >= 0.3 is 0 Å². The maximum Gasteiger partial charge on any atom is 0.251 e. The van der Waals surface area contributed by atoms with E-state index in [0.717, 1.165) is 37.1 Å². The number of aromatic amines is 1. The monoisotopic (exact) mass is 461 g/mol. The molecule has 2 aromatic heterocycles. The van der Waals surface area contributed by atoms with E-state index in [0.29, 0.717) is 47.7 Å². The molecule has 2 heterocycles. The fraction of sp³-hybridized carbons (Fsp3) is 0.308. The van der Waals surface area contributed by atoms with Crippen molar-refractivity contribution in [1.82, 2.24) is 25.3 Å². The lowest BCUT2D eigenvalue weighted by Crippen LogP contribution is -2.24. The van der Waals surface area contributed by atoms with Crippen LogP contribution in [0.2, 0.25) is 0 Å². The second-order valence-electron chi connectivity index (χ2n) is 8.03. The SMILES string of the molecule is CCCCOCc1nc2ccc(C(=O)NCCCc3ncc[nH]3)cc2nc1-c1ccc(F)cc1. The molecule has 0 fully saturated rings. The predicted molar refractivity (Wildman–Crippen MR) is 129 cm³/mol. The molecule has 0 spiro atoms. The average molecular weight is 462 g/mol.